The summed E-state index contributed by atoms with van der Waals surface area (Å²) >= 11 is 0. The van der Waals surface area contributed by atoms with Gasteiger partial charge in [0, 0.05) is 6.61 Å². The van der Waals surface area contributed by atoms with Crippen LogP contribution in [0.25, 0.3) is 0 Å². The molecule has 0 aliphatic rings. The molecule has 0 saturated heterocycles. The second kappa shape index (κ2) is 6.40. The van der Waals surface area contributed by atoms with Crippen molar-refractivity contribution in [2.24, 2.45) is 0 Å². The molecule has 0 amide bonds. The number of ether oxygens (including phenoxy) is 1. The van der Waals surface area contributed by atoms with Crippen molar-refractivity contribution in [2.75, 3.05) is 26.4 Å². The minimum absolute atomic E-state index is 0.116. The van der Waals surface area contributed by atoms with Gasteiger partial charge in [0.15, 0.2) is 0 Å². The molecule has 0 fully saturated rings. The van der Waals surface area contributed by atoms with Crippen molar-refractivity contribution in [3.63, 3.8) is 0 Å². The Balaban J connectivity index is 3.63. The van der Waals surface area contributed by atoms with Gasteiger partial charge < -0.3 is 15.2 Å². The second-order valence-electron chi connectivity index (χ2n) is 3.30. The van der Waals surface area contributed by atoms with E-state index >= 15 is 0 Å². The minimum Gasteiger partial charge on any atom is -0.394 e. The van der Waals surface area contributed by atoms with Crippen molar-refractivity contribution < 1.29 is 9.84 Å². The third kappa shape index (κ3) is 4.70. The van der Waals surface area contributed by atoms with E-state index in [4.69, 9.17) is 9.84 Å². The van der Waals surface area contributed by atoms with E-state index in [1.54, 1.807) is 0 Å². The highest BCUT2D eigenvalue weighted by molar-refractivity contribution is 4.81. The monoisotopic (exact) mass is 175 g/mol. The zero-order valence-corrected chi connectivity index (χ0v) is 8.39. The molecule has 3 heteroatoms. The van der Waals surface area contributed by atoms with Crippen LogP contribution in [0.2, 0.25) is 0 Å². The predicted molar refractivity (Wildman–Crippen MR) is 50.3 cm³/mol. The summed E-state index contributed by atoms with van der Waals surface area (Å²) in [4.78, 5) is 0. The van der Waals surface area contributed by atoms with Crippen LogP contribution in [0.5, 0.6) is 0 Å². The predicted octanol–water partition coefficient (Wildman–Crippen LogP) is 0.773. The van der Waals surface area contributed by atoms with Gasteiger partial charge in [0.2, 0.25) is 0 Å². The fourth-order valence-electron chi connectivity index (χ4n) is 1.02. The zero-order chi connectivity index (χ0) is 9.45. The van der Waals surface area contributed by atoms with Crippen molar-refractivity contribution in [1.82, 2.24) is 5.32 Å². The lowest BCUT2D eigenvalue weighted by Gasteiger charge is -2.27. The molecule has 0 aliphatic heterocycles. The normalized spacial score (nSPS) is 16.0. The number of hydrogen-bond acceptors (Lipinski definition) is 3. The summed E-state index contributed by atoms with van der Waals surface area (Å²) in [5, 5.41) is 12.3. The maximum absolute atomic E-state index is 9.07. The summed E-state index contributed by atoms with van der Waals surface area (Å²) in [5.41, 5.74) is -0.274. The maximum Gasteiger partial charge on any atom is 0.0668 e. The fourth-order valence-corrected chi connectivity index (χ4v) is 1.02. The molecule has 1 atom stereocenters. The SMILES string of the molecule is CCCOCC(C)(CO)NCC. The Morgan fingerprint density at radius 3 is 2.50 bits per heavy atom. The van der Waals surface area contributed by atoms with Gasteiger partial charge in [0.1, 0.15) is 0 Å². The van der Waals surface area contributed by atoms with E-state index < -0.39 is 0 Å². The highest BCUT2D eigenvalue weighted by atomic mass is 16.5. The molecule has 0 rings (SSSR count). The van der Waals surface area contributed by atoms with E-state index in [-0.39, 0.29) is 12.1 Å². The first-order valence-electron chi connectivity index (χ1n) is 4.62. The molecule has 3 nitrogen and oxygen atoms in total. The van der Waals surface area contributed by atoms with Crippen molar-refractivity contribution in [3.05, 3.63) is 0 Å². The third-order valence-electron chi connectivity index (χ3n) is 1.72. The van der Waals surface area contributed by atoms with Crippen LogP contribution in [0.1, 0.15) is 27.2 Å². The van der Waals surface area contributed by atoms with Crippen LogP contribution in [0.4, 0.5) is 0 Å². The summed E-state index contributed by atoms with van der Waals surface area (Å²) in [6, 6.07) is 0. The van der Waals surface area contributed by atoms with Gasteiger partial charge in [0.25, 0.3) is 0 Å². The average Bonchev–Trinajstić information content (AvgIpc) is 2.06. The first-order chi connectivity index (χ1) is 5.68. The smallest absolute Gasteiger partial charge is 0.0668 e. The van der Waals surface area contributed by atoms with E-state index in [0.29, 0.717) is 6.61 Å². The molecule has 0 aromatic heterocycles. The van der Waals surface area contributed by atoms with Crippen molar-refractivity contribution in [3.8, 4) is 0 Å². The van der Waals surface area contributed by atoms with Crippen LogP contribution in [0.15, 0.2) is 0 Å². The summed E-state index contributed by atoms with van der Waals surface area (Å²) < 4.78 is 5.37. The third-order valence-corrected chi connectivity index (χ3v) is 1.72. The number of hydrogen-bond donors (Lipinski definition) is 2. The largest absolute Gasteiger partial charge is 0.394 e. The maximum atomic E-state index is 9.07. The molecule has 0 spiro atoms. The highest BCUT2D eigenvalue weighted by Crippen LogP contribution is 2.02. The van der Waals surface area contributed by atoms with Crippen LogP contribution >= 0.6 is 0 Å². The highest BCUT2D eigenvalue weighted by Gasteiger charge is 2.21. The van der Waals surface area contributed by atoms with Gasteiger partial charge in [-0.2, -0.15) is 0 Å². The van der Waals surface area contributed by atoms with Gasteiger partial charge >= 0.3 is 0 Å². The Kier molecular flexibility index (Phi) is 6.34. The van der Waals surface area contributed by atoms with Gasteiger partial charge in [-0.05, 0) is 19.9 Å². The van der Waals surface area contributed by atoms with Gasteiger partial charge in [-0.1, -0.05) is 13.8 Å². The van der Waals surface area contributed by atoms with Crippen LogP contribution in [0.3, 0.4) is 0 Å². The van der Waals surface area contributed by atoms with Crippen molar-refractivity contribution in [2.45, 2.75) is 32.7 Å². The number of aliphatic hydroxyl groups is 1. The first-order valence-corrected chi connectivity index (χ1v) is 4.62. The van der Waals surface area contributed by atoms with E-state index in [2.05, 4.69) is 12.2 Å². The molecule has 74 valence electrons. The van der Waals surface area contributed by atoms with Crippen LogP contribution in [-0.4, -0.2) is 37.0 Å². The lowest BCUT2D eigenvalue weighted by molar-refractivity contribution is 0.0456. The van der Waals surface area contributed by atoms with Gasteiger partial charge in [-0.3, -0.25) is 0 Å². The molecule has 0 radical (unpaired) electrons. The van der Waals surface area contributed by atoms with Crippen LogP contribution in [0, 0.1) is 0 Å². The lowest BCUT2D eigenvalue weighted by atomic mass is 10.1. The zero-order valence-electron chi connectivity index (χ0n) is 8.39. The Labute approximate surface area is 75.1 Å². The average molecular weight is 175 g/mol. The van der Waals surface area contributed by atoms with E-state index in [9.17, 15) is 0 Å². The Morgan fingerprint density at radius 2 is 2.08 bits per heavy atom. The number of likely N-dealkylation sites (N-methyl/N-ethyl adjacent to an activating group) is 1. The molecule has 12 heavy (non-hydrogen) atoms. The van der Waals surface area contributed by atoms with Gasteiger partial charge in [0.05, 0.1) is 18.8 Å². The molecule has 0 aliphatic carbocycles. The Hall–Kier alpha value is -0.120. The van der Waals surface area contributed by atoms with Crippen LogP contribution in [-0.2, 0) is 4.74 Å². The Bertz CT molecular complexity index is 109. The lowest BCUT2D eigenvalue weighted by Crippen LogP contribution is -2.49. The molecule has 0 bridgehead atoms. The summed E-state index contributed by atoms with van der Waals surface area (Å²) in [5.74, 6) is 0. The van der Waals surface area contributed by atoms with Crippen molar-refractivity contribution in [1.29, 1.82) is 0 Å². The van der Waals surface area contributed by atoms with Crippen LogP contribution < -0.4 is 5.32 Å². The summed E-state index contributed by atoms with van der Waals surface area (Å²) in [7, 11) is 0. The van der Waals surface area contributed by atoms with E-state index in [0.717, 1.165) is 19.6 Å². The summed E-state index contributed by atoms with van der Waals surface area (Å²) in [6.45, 7) is 8.37. The first kappa shape index (κ1) is 11.9. The Morgan fingerprint density at radius 1 is 1.42 bits per heavy atom. The number of aliphatic hydroxyl groups excluding tert-OH is 1. The second-order valence-corrected chi connectivity index (χ2v) is 3.30. The molecule has 1 unspecified atom stereocenters. The van der Waals surface area contributed by atoms with E-state index in [1.165, 1.54) is 0 Å². The molecular formula is C9H21NO2. The van der Waals surface area contributed by atoms with Gasteiger partial charge in [-0.15, -0.1) is 0 Å². The summed E-state index contributed by atoms with van der Waals surface area (Å²) in [6.07, 6.45) is 1.02. The van der Waals surface area contributed by atoms with Crippen molar-refractivity contribution >= 4 is 0 Å². The quantitative estimate of drug-likeness (QED) is 0.562. The number of nitrogens with one attached hydrogen (secondary N) is 1. The molecule has 2 N–H and O–H groups in total. The molecular weight excluding hydrogens is 154 g/mol. The minimum atomic E-state index is -0.274. The molecule has 0 aromatic carbocycles. The fraction of sp³-hybridized carbons (Fsp3) is 1.00. The standard InChI is InChI=1S/C9H21NO2/c1-4-6-12-8-9(3,7-11)10-5-2/h10-11H,4-8H2,1-3H3. The van der Waals surface area contributed by atoms with Gasteiger partial charge in [-0.25, -0.2) is 0 Å². The molecule has 0 heterocycles. The molecule has 0 aromatic rings. The van der Waals surface area contributed by atoms with E-state index in [1.807, 2.05) is 13.8 Å². The topological polar surface area (TPSA) is 41.5 Å². The number of rotatable bonds is 7. The molecule has 0 saturated carbocycles.